The predicted molar refractivity (Wildman–Crippen MR) is 190 cm³/mol. The molecule has 22 heteroatoms. The number of pyridine rings is 1. The summed E-state index contributed by atoms with van der Waals surface area (Å²) in [4.78, 5) is 40.9. The van der Waals surface area contributed by atoms with E-state index in [1.54, 1.807) is 12.3 Å². The molecule has 0 fully saturated rings. The van der Waals surface area contributed by atoms with E-state index in [2.05, 4.69) is 50.9 Å². The highest BCUT2D eigenvalue weighted by molar-refractivity contribution is 6.17. The van der Waals surface area contributed by atoms with E-state index in [4.69, 9.17) is 15.0 Å². The minimum Gasteiger partial charge on any atom is -0.380 e. The average Bonchev–Trinajstić information content (AvgIpc) is 3.88. The van der Waals surface area contributed by atoms with Gasteiger partial charge in [-0.15, -0.1) is 0 Å². The highest BCUT2D eigenvalue weighted by Gasteiger charge is 2.55. The number of benzene rings is 1. The molecule has 56 heavy (non-hydrogen) atoms. The molecular formula is C34H30F6N14O2. The van der Waals surface area contributed by atoms with Crippen LogP contribution < -0.4 is 15.5 Å². The molecule has 0 bridgehead atoms. The molecule has 0 saturated carbocycles. The summed E-state index contributed by atoms with van der Waals surface area (Å²) in [6.07, 6.45) is -6.99. The molecule has 1 aromatic carbocycles. The summed E-state index contributed by atoms with van der Waals surface area (Å²) >= 11 is 0. The van der Waals surface area contributed by atoms with Crippen LogP contribution in [-0.2, 0) is 15.7 Å². The lowest BCUT2D eigenvalue weighted by Gasteiger charge is -2.28. The van der Waals surface area contributed by atoms with Gasteiger partial charge in [-0.3, -0.25) is 14.8 Å². The number of hydrogen-bond acceptors (Lipinski definition) is 12. The van der Waals surface area contributed by atoms with E-state index in [9.17, 15) is 31.1 Å². The molecule has 3 N–H and O–H groups in total. The number of nitrogens with one attached hydrogen (secondary N) is 3. The van der Waals surface area contributed by atoms with Crippen LogP contribution in [0.25, 0.3) is 22.8 Å². The fraction of sp³-hybridized carbons (Fsp3) is 0.353. The Kier molecular flexibility index (Phi) is 9.87. The van der Waals surface area contributed by atoms with Crippen molar-refractivity contribution in [2.24, 2.45) is 15.1 Å². The van der Waals surface area contributed by atoms with Gasteiger partial charge in [0.1, 0.15) is 29.1 Å². The van der Waals surface area contributed by atoms with E-state index < -0.39 is 41.2 Å². The molecule has 0 radical (unpaired) electrons. The van der Waals surface area contributed by atoms with Crippen LogP contribution in [0.4, 0.5) is 43.7 Å². The van der Waals surface area contributed by atoms with Gasteiger partial charge in [0, 0.05) is 36.5 Å². The standard InChI is InChI=1S/C34H30F6N14O2/c1-18-21(6-7-23(47-18)27-45-17-46-51-27)24-15-43-28-29(49-24)53(26(55)16-44-28)9-11-56-10-3-8-42-31-50-30(32(2)13-25(34(38,39)40)52-54(31)32)48-20-5-4-19(14-41)22(12-20)33(35,36)37/h4-7,12,15,17H,3,8-11,13,16H2,1-2H3,(H,43,44)(H,42,48,50)(H,45,46,51). The van der Waals surface area contributed by atoms with Crippen LogP contribution in [-0.4, -0.2) is 103 Å². The number of hydrazone groups is 1. The number of carbonyl (C=O) groups is 1. The minimum absolute atomic E-state index is 0.00493. The lowest BCUT2D eigenvalue weighted by Crippen LogP contribution is -2.46. The largest absolute Gasteiger partial charge is 0.431 e. The Bertz CT molecular complexity index is 2300. The smallest absolute Gasteiger partial charge is 0.380 e. The van der Waals surface area contributed by atoms with Gasteiger partial charge in [-0.05, 0) is 50.6 Å². The SMILES string of the molecule is Cc1nc(-c2ncn[nH]2)ccc1-c1cnc2c(n1)N(CCOCCCN=C1N=C(Nc3ccc(C#N)c(C(F)(F)F)c3)C3(C)CC(C(F)(F)F)=NN13)C(=O)CN2. The maximum atomic E-state index is 13.8. The van der Waals surface area contributed by atoms with Crippen LogP contribution in [0, 0.1) is 18.3 Å². The van der Waals surface area contributed by atoms with Crippen LogP contribution in [0.15, 0.2) is 57.9 Å². The molecule has 0 spiro atoms. The second-order valence-corrected chi connectivity index (χ2v) is 12.9. The number of aryl methyl sites for hydroxylation is 1. The quantitative estimate of drug-likeness (QED) is 0.145. The van der Waals surface area contributed by atoms with E-state index in [0.717, 1.165) is 11.1 Å². The van der Waals surface area contributed by atoms with Gasteiger partial charge in [-0.25, -0.2) is 29.9 Å². The average molecular weight is 781 g/mol. The van der Waals surface area contributed by atoms with Crippen LogP contribution in [0.1, 0.15) is 36.6 Å². The monoisotopic (exact) mass is 780 g/mol. The number of aromatic amines is 1. The summed E-state index contributed by atoms with van der Waals surface area (Å²) in [5, 5.41) is 26.1. The van der Waals surface area contributed by atoms with Crippen LogP contribution in [0.3, 0.4) is 0 Å². The third-order valence-corrected chi connectivity index (χ3v) is 9.04. The number of aromatic nitrogens is 6. The molecule has 6 heterocycles. The van der Waals surface area contributed by atoms with Crippen molar-refractivity contribution in [1.29, 1.82) is 5.26 Å². The summed E-state index contributed by atoms with van der Waals surface area (Å²) in [6, 6.07) is 7.94. The Morgan fingerprint density at radius 3 is 2.61 bits per heavy atom. The Morgan fingerprint density at radius 1 is 1.07 bits per heavy atom. The third-order valence-electron chi connectivity index (χ3n) is 9.04. The number of fused-ring (bicyclic) bond motifs is 2. The summed E-state index contributed by atoms with van der Waals surface area (Å²) in [5.41, 5.74) is -2.14. The topological polar surface area (TPSA) is 198 Å². The molecule has 1 atom stereocenters. The summed E-state index contributed by atoms with van der Waals surface area (Å²) in [6.45, 7) is 3.70. The molecular weight excluding hydrogens is 750 g/mol. The van der Waals surface area contributed by atoms with Crippen molar-refractivity contribution in [3.05, 3.63) is 59.7 Å². The Hall–Kier alpha value is -6.50. The number of halogens is 6. The number of nitriles is 1. The number of hydrogen-bond donors (Lipinski definition) is 3. The minimum atomic E-state index is -4.85. The van der Waals surface area contributed by atoms with Gasteiger partial charge < -0.3 is 15.4 Å². The Morgan fingerprint density at radius 2 is 1.89 bits per heavy atom. The second-order valence-electron chi connectivity index (χ2n) is 12.9. The number of amides is 1. The first-order chi connectivity index (χ1) is 26.7. The van der Waals surface area contributed by atoms with Gasteiger partial charge >= 0.3 is 12.4 Å². The predicted octanol–water partition coefficient (Wildman–Crippen LogP) is 4.95. The van der Waals surface area contributed by atoms with E-state index in [0.29, 0.717) is 52.6 Å². The molecule has 0 saturated heterocycles. The zero-order valence-electron chi connectivity index (χ0n) is 29.5. The molecule has 3 aliphatic rings. The number of ether oxygens (including phenoxy) is 1. The fourth-order valence-corrected chi connectivity index (χ4v) is 6.22. The van der Waals surface area contributed by atoms with Crippen molar-refractivity contribution in [3.8, 4) is 28.8 Å². The number of amidine groups is 1. The molecule has 1 amide bonds. The molecule has 1 unspecified atom stereocenters. The first-order valence-corrected chi connectivity index (χ1v) is 17.0. The van der Waals surface area contributed by atoms with Gasteiger partial charge in [0.15, 0.2) is 17.5 Å². The number of nitrogens with zero attached hydrogens (tertiary/aromatic N) is 11. The van der Waals surface area contributed by atoms with Gasteiger partial charge in [0.2, 0.25) is 11.9 Å². The zero-order valence-corrected chi connectivity index (χ0v) is 29.5. The van der Waals surface area contributed by atoms with E-state index >= 15 is 0 Å². The normalized spacial score (nSPS) is 18.7. The first kappa shape index (κ1) is 37.8. The van der Waals surface area contributed by atoms with Crippen molar-refractivity contribution >= 4 is 40.7 Å². The van der Waals surface area contributed by atoms with Crippen molar-refractivity contribution < 1.29 is 35.9 Å². The fourth-order valence-electron chi connectivity index (χ4n) is 6.22. The molecule has 7 rings (SSSR count). The molecule has 3 aliphatic heterocycles. The number of H-pyrrole nitrogens is 1. The van der Waals surface area contributed by atoms with Crippen molar-refractivity contribution in [1.82, 2.24) is 35.1 Å². The Labute approximate surface area is 313 Å². The lowest BCUT2D eigenvalue weighted by atomic mass is 9.94. The second kappa shape index (κ2) is 14.6. The van der Waals surface area contributed by atoms with E-state index in [1.807, 2.05) is 13.0 Å². The zero-order chi connectivity index (χ0) is 39.8. The summed E-state index contributed by atoms with van der Waals surface area (Å²) in [5.74, 6) is 0.727. The number of rotatable bonds is 10. The molecule has 290 valence electrons. The maximum Gasteiger partial charge on any atom is 0.431 e. The number of carbonyl (C=O) groups excluding carboxylic acids is 1. The third kappa shape index (κ3) is 7.44. The molecule has 0 aliphatic carbocycles. The molecule has 16 nitrogen and oxygen atoms in total. The van der Waals surface area contributed by atoms with Crippen molar-refractivity contribution in [2.75, 3.05) is 48.4 Å². The summed E-state index contributed by atoms with van der Waals surface area (Å²) < 4.78 is 87.8. The first-order valence-electron chi connectivity index (χ1n) is 17.0. The Balaban J connectivity index is 0.993. The van der Waals surface area contributed by atoms with Crippen molar-refractivity contribution in [2.45, 2.75) is 44.6 Å². The number of aliphatic imine (C=N–C) groups is 2. The van der Waals surface area contributed by atoms with E-state index in [1.165, 1.54) is 30.3 Å². The van der Waals surface area contributed by atoms with Gasteiger partial charge in [0.05, 0.1) is 48.8 Å². The van der Waals surface area contributed by atoms with E-state index in [-0.39, 0.29) is 56.2 Å². The van der Waals surface area contributed by atoms with Crippen LogP contribution in [0.2, 0.25) is 0 Å². The number of anilines is 3. The van der Waals surface area contributed by atoms with Gasteiger partial charge in [-0.2, -0.15) is 46.8 Å². The number of guanidine groups is 1. The summed E-state index contributed by atoms with van der Waals surface area (Å²) in [7, 11) is 0. The highest BCUT2D eigenvalue weighted by Crippen LogP contribution is 2.40. The van der Waals surface area contributed by atoms with Crippen molar-refractivity contribution in [3.63, 3.8) is 0 Å². The van der Waals surface area contributed by atoms with Crippen LogP contribution >= 0.6 is 0 Å². The maximum absolute atomic E-state index is 13.8. The molecule has 4 aromatic rings. The lowest BCUT2D eigenvalue weighted by molar-refractivity contribution is -0.137. The number of alkyl halides is 6. The highest BCUT2D eigenvalue weighted by atomic mass is 19.4. The van der Waals surface area contributed by atoms with Gasteiger partial charge in [0.25, 0.3) is 0 Å². The molecule has 3 aromatic heterocycles. The van der Waals surface area contributed by atoms with Crippen LogP contribution in [0.5, 0.6) is 0 Å². The van der Waals surface area contributed by atoms with Gasteiger partial charge in [-0.1, -0.05) is 0 Å².